The molecule has 0 N–H and O–H groups in total. The average molecular weight is 792 g/mol. The third kappa shape index (κ3) is 4.43. The van der Waals surface area contributed by atoms with Crippen LogP contribution in [-0.4, -0.2) is 0 Å². The molecule has 9 aromatic carbocycles. The lowest BCUT2D eigenvalue weighted by Crippen LogP contribution is -2.27. The Morgan fingerprint density at radius 2 is 0.774 bits per heavy atom. The monoisotopic (exact) mass is 791 g/mol. The van der Waals surface area contributed by atoms with Crippen LogP contribution in [0.4, 0.5) is 17.1 Å². The molecule has 0 aliphatic heterocycles. The molecule has 0 atom stereocenters. The van der Waals surface area contributed by atoms with Gasteiger partial charge in [0.05, 0.1) is 11.1 Å². The Bertz CT molecular complexity index is 3300. The lowest BCUT2D eigenvalue weighted by Gasteiger charge is -2.35. The molecule has 0 bridgehead atoms. The van der Waals surface area contributed by atoms with Gasteiger partial charge in [-0.25, -0.2) is 0 Å². The maximum absolute atomic E-state index is 2.64. The van der Waals surface area contributed by atoms with Gasteiger partial charge in [0.15, 0.2) is 0 Å². The van der Waals surface area contributed by atoms with Crippen molar-refractivity contribution in [2.75, 3.05) is 4.90 Å². The summed E-state index contributed by atoms with van der Waals surface area (Å²) in [6.45, 7) is 9.67. The molecule has 9 aromatic rings. The van der Waals surface area contributed by atoms with Crippen molar-refractivity contribution in [1.82, 2.24) is 0 Å². The molecule has 62 heavy (non-hydrogen) atoms. The Morgan fingerprint density at radius 3 is 1.44 bits per heavy atom. The smallest absolute Gasteiger partial charge is 0.0726 e. The lowest BCUT2D eigenvalue weighted by molar-refractivity contribution is 0.657. The first-order valence-corrected chi connectivity index (χ1v) is 22.1. The van der Waals surface area contributed by atoms with E-state index in [0.29, 0.717) is 0 Å². The van der Waals surface area contributed by atoms with Crippen molar-refractivity contribution in [3.05, 3.63) is 245 Å². The van der Waals surface area contributed by atoms with E-state index in [1.807, 2.05) is 0 Å². The zero-order valence-corrected chi connectivity index (χ0v) is 35.5. The quantitative estimate of drug-likeness (QED) is 0.172. The van der Waals surface area contributed by atoms with Gasteiger partial charge in [0.1, 0.15) is 0 Å². The lowest BCUT2D eigenvalue weighted by atomic mass is 9.69. The van der Waals surface area contributed by atoms with E-state index in [1.54, 1.807) is 0 Å². The number of para-hydroxylation sites is 1. The van der Waals surface area contributed by atoms with Crippen LogP contribution in [0.25, 0.3) is 55.6 Å². The highest BCUT2D eigenvalue weighted by Gasteiger charge is 2.55. The number of hydrogen-bond acceptors (Lipinski definition) is 1. The predicted octanol–water partition coefficient (Wildman–Crippen LogP) is 15.8. The van der Waals surface area contributed by atoms with E-state index in [9.17, 15) is 0 Å². The Morgan fingerprint density at radius 1 is 0.290 bits per heavy atom. The molecule has 1 nitrogen and oxygen atoms in total. The van der Waals surface area contributed by atoms with Crippen molar-refractivity contribution in [3.8, 4) is 55.6 Å². The van der Waals surface area contributed by atoms with Crippen molar-refractivity contribution in [3.63, 3.8) is 0 Å². The summed E-state index contributed by atoms with van der Waals surface area (Å²) >= 11 is 0. The van der Waals surface area contributed by atoms with E-state index in [1.165, 1.54) is 112 Å². The van der Waals surface area contributed by atoms with Crippen molar-refractivity contribution >= 4 is 17.1 Å². The van der Waals surface area contributed by atoms with Gasteiger partial charge in [0, 0.05) is 33.3 Å². The molecular formula is C61H45N. The minimum absolute atomic E-state index is 0.155. The van der Waals surface area contributed by atoms with E-state index in [0.717, 1.165) is 5.69 Å². The number of anilines is 3. The molecule has 0 fully saturated rings. The zero-order valence-electron chi connectivity index (χ0n) is 35.5. The summed E-state index contributed by atoms with van der Waals surface area (Å²) in [7, 11) is 0. The summed E-state index contributed by atoms with van der Waals surface area (Å²) in [5.41, 5.74) is 26.6. The number of fused-ring (bicyclic) bond motifs is 16. The van der Waals surface area contributed by atoms with Crippen LogP contribution in [-0.2, 0) is 16.2 Å². The molecule has 1 heteroatoms. The average Bonchev–Trinajstić information content (AvgIpc) is 3.94. The van der Waals surface area contributed by atoms with Crippen LogP contribution in [0.3, 0.4) is 0 Å². The topological polar surface area (TPSA) is 3.24 Å². The van der Waals surface area contributed by atoms with E-state index in [4.69, 9.17) is 0 Å². The molecule has 1 spiro atoms. The Hall–Kier alpha value is -7.22. The summed E-state index contributed by atoms with van der Waals surface area (Å²) < 4.78 is 0. The molecule has 0 saturated heterocycles. The highest BCUT2D eigenvalue weighted by atomic mass is 15.1. The van der Waals surface area contributed by atoms with Gasteiger partial charge in [0.25, 0.3) is 0 Å². The van der Waals surface area contributed by atoms with Gasteiger partial charge in [-0.15, -0.1) is 0 Å². The highest BCUT2D eigenvalue weighted by molar-refractivity contribution is 6.09. The summed E-state index contributed by atoms with van der Waals surface area (Å²) in [6.07, 6.45) is 0. The fourth-order valence-corrected chi connectivity index (χ4v) is 12.3. The van der Waals surface area contributed by atoms with Crippen LogP contribution in [0, 0.1) is 0 Å². The Labute approximate surface area is 364 Å². The molecule has 0 unspecified atom stereocenters. The molecular weight excluding hydrogens is 747 g/mol. The Kier molecular flexibility index (Phi) is 7.12. The SMILES string of the molecule is CC1(C)c2ccccc2-c2ccc(N(c3ccccc3)c3c4c(cc5c3-c3cc(-c6ccccc6)ccc3C53c5ccccc5-c5ccccc53)C(C)(C)c3ccccc3-4)cc21. The second-order valence-electron chi connectivity index (χ2n) is 18.8. The van der Waals surface area contributed by atoms with E-state index in [2.05, 4.69) is 233 Å². The third-order valence-corrected chi connectivity index (χ3v) is 15.1. The maximum Gasteiger partial charge on any atom is 0.0726 e. The summed E-state index contributed by atoms with van der Waals surface area (Å²) in [4.78, 5) is 2.62. The first-order valence-electron chi connectivity index (χ1n) is 22.1. The zero-order chi connectivity index (χ0) is 41.5. The fourth-order valence-electron chi connectivity index (χ4n) is 12.3. The van der Waals surface area contributed by atoms with Crippen LogP contribution < -0.4 is 4.90 Å². The van der Waals surface area contributed by atoms with Crippen molar-refractivity contribution < 1.29 is 0 Å². The second kappa shape index (κ2) is 12.4. The largest absolute Gasteiger partial charge is 0.309 e. The molecule has 4 aliphatic rings. The number of benzene rings is 9. The van der Waals surface area contributed by atoms with Crippen LogP contribution in [0.1, 0.15) is 72.2 Å². The molecule has 0 amide bonds. The van der Waals surface area contributed by atoms with E-state index in [-0.39, 0.29) is 10.8 Å². The van der Waals surface area contributed by atoms with E-state index < -0.39 is 5.41 Å². The molecule has 4 aliphatic carbocycles. The number of hydrogen-bond donors (Lipinski definition) is 0. The normalized spacial score (nSPS) is 15.5. The summed E-state index contributed by atoms with van der Waals surface area (Å²) in [5, 5.41) is 0. The Balaban J connectivity index is 1.22. The second-order valence-corrected chi connectivity index (χ2v) is 18.8. The fraction of sp³-hybridized carbons (Fsp3) is 0.115. The summed E-state index contributed by atoms with van der Waals surface area (Å²) in [5.74, 6) is 0. The number of rotatable bonds is 4. The van der Waals surface area contributed by atoms with Gasteiger partial charge in [0.2, 0.25) is 0 Å². The number of nitrogens with zero attached hydrogens (tertiary/aromatic N) is 1. The van der Waals surface area contributed by atoms with Crippen LogP contribution in [0.2, 0.25) is 0 Å². The van der Waals surface area contributed by atoms with Crippen molar-refractivity contribution in [2.45, 2.75) is 43.9 Å². The first kappa shape index (κ1) is 35.5. The molecule has 294 valence electrons. The van der Waals surface area contributed by atoms with Crippen LogP contribution >= 0.6 is 0 Å². The minimum Gasteiger partial charge on any atom is -0.309 e. The summed E-state index contributed by atoms with van der Waals surface area (Å²) in [6, 6.07) is 75.9. The van der Waals surface area contributed by atoms with Crippen LogP contribution in [0.5, 0.6) is 0 Å². The first-order chi connectivity index (χ1) is 30.3. The van der Waals surface area contributed by atoms with Crippen molar-refractivity contribution in [1.29, 1.82) is 0 Å². The minimum atomic E-state index is -0.522. The molecule has 0 aromatic heterocycles. The standard InChI is InChI=1S/C61H45N/c1-59(2)48-27-15-11-23-42(48)45-33-32-41(36-53(45)59)62(40-21-9-6-10-22-40)58-56-46-26-14-16-28-49(46)60(3,4)54(56)37-55-57(58)47-35-39(38-19-7-5-8-20-38)31-34-52(47)61(55)50-29-17-12-24-43(50)44-25-13-18-30-51(44)61/h5-37H,1-4H3. The molecule has 0 heterocycles. The van der Waals surface area contributed by atoms with Gasteiger partial charge in [-0.2, -0.15) is 0 Å². The highest BCUT2D eigenvalue weighted by Crippen LogP contribution is 2.68. The maximum atomic E-state index is 2.64. The van der Waals surface area contributed by atoms with Gasteiger partial charge >= 0.3 is 0 Å². The van der Waals surface area contributed by atoms with Crippen LogP contribution in [0.15, 0.2) is 200 Å². The predicted molar refractivity (Wildman–Crippen MR) is 258 cm³/mol. The van der Waals surface area contributed by atoms with Gasteiger partial charge in [-0.1, -0.05) is 198 Å². The van der Waals surface area contributed by atoms with Gasteiger partial charge < -0.3 is 4.90 Å². The third-order valence-electron chi connectivity index (χ3n) is 15.1. The molecule has 0 saturated carbocycles. The molecule has 13 rings (SSSR count). The van der Waals surface area contributed by atoms with Gasteiger partial charge in [-0.3, -0.25) is 0 Å². The van der Waals surface area contributed by atoms with Crippen molar-refractivity contribution in [2.24, 2.45) is 0 Å². The molecule has 0 radical (unpaired) electrons. The van der Waals surface area contributed by atoms with Gasteiger partial charge in [-0.05, 0) is 119 Å². The van der Waals surface area contributed by atoms with E-state index >= 15 is 0 Å².